The van der Waals surface area contributed by atoms with Gasteiger partial charge in [0.15, 0.2) is 0 Å². The predicted molar refractivity (Wildman–Crippen MR) is 55.8 cm³/mol. The maximum absolute atomic E-state index is 10.5. The highest BCUT2D eigenvalue weighted by atomic mass is 16.3. The molecule has 0 amide bonds. The molecule has 0 aliphatic heterocycles. The smallest absolute Gasteiger partial charge is 0.0905 e. The minimum Gasteiger partial charge on any atom is -0.393 e. The Bertz CT molecular complexity index is 216. The molecule has 0 spiro atoms. The fourth-order valence-electron chi connectivity index (χ4n) is 3.03. The van der Waals surface area contributed by atoms with Crippen LogP contribution in [-0.4, -0.2) is 21.9 Å². The van der Waals surface area contributed by atoms with E-state index < -0.39 is 5.60 Å². The van der Waals surface area contributed by atoms with Crippen LogP contribution in [0.4, 0.5) is 0 Å². The van der Waals surface area contributed by atoms with Crippen LogP contribution < -0.4 is 0 Å². The summed E-state index contributed by atoms with van der Waals surface area (Å²) in [4.78, 5) is 0. The fraction of sp³-hybridized carbons (Fsp3) is 0.833. The molecule has 2 saturated carbocycles. The zero-order valence-corrected chi connectivity index (χ0v) is 8.65. The molecule has 0 aromatic heterocycles. The number of aliphatic hydroxyl groups is 2. The third-order valence-electron chi connectivity index (χ3n) is 4.17. The first kappa shape index (κ1) is 10.2. The molecule has 0 aromatic carbocycles. The number of aliphatic hydroxyl groups excluding tert-OH is 1. The molecule has 2 aliphatic carbocycles. The van der Waals surface area contributed by atoms with Crippen molar-refractivity contribution in [1.29, 1.82) is 0 Å². The van der Waals surface area contributed by atoms with Crippen molar-refractivity contribution in [2.45, 2.75) is 50.2 Å². The predicted octanol–water partition coefficient (Wildman–Crippen LogP) is 1.86. The number of hydrogen-bond acceptors (Lipinski definition) is 2. The molecule has 0 bridgehead atoms. The summed E-state index contributed by atoms with van der Waals surface area (Å²) in [5.41, 5.74) is -0.797. The number of hydrogen-bond donors (Lipinski definition) is 2. The number of rotatable bonds is 3. The van der Waals surface area contributed by atoms with Crippen LogP contribution in [0, 0.1) is 11.8 Å². The standard InChI is InChI=1S/C12H20O2/c1-2-12(14,9-5-3-4-6-9)10-7-8-11(10)13/h2,9-11,13-14H,1,3-8H2. The maximum Gasteiger partial charge on any atom is 0.0905 e. The van der Waals surface area contributed by atoms with Gasteiger partial charge in [-0.15, -0.1) is 6.58 Å². The molecule has 3 unspecified atom stereocenters. The van der Waals surface area contributed by atoms with Gasteiger partial charge in [0.1, 0.15) is 0 Å². The second-order valence-corrected chi connectivity index (χ2v) is 4.82. The fourth-order valence-corrected chi connectivity index (χ4v) is 3.03. The normalized spacial score (nSPS) is 37.6. The first-order chi connectivity index (χ1) is 6.68. The van der Waals surface area contributed by atoms with Gasteiger partial charge in [-0.25, -0.2) is 0 Å². The Labute approximate surface area is 85.6 Å². The molecule has 0 heterocycles. The van der Waals surface area contributed by atoms with Crippen LogP contribution >= 0.6 is 0 Å². The molecule has 2 fully saturated rings. The Kier molecular flexibility index (Phi) is 2.67. The lowest BCUT2D eigenvalue weighted by Gasteiger charge is -2.46. The first-order valence-corrected chi connectivity index (χ1v) is 5.72. The zero-order chi connectivity index (χ0) is 10.2. The summed E-state index contributed by atoms with van der Waals surface area (Å²) in [6.07, 6.45) is 7.76. The van der Waals surface area contributed by atoms with Crippen molar-refractivity contribution in [2.75, 3.05) is 0 Å². The van der Waals surface area contributed by atoms with Crippen LogP contribution in [0.5, 0.6) is 0 Å². The molecule has 2 aliphatic rings. The summed E-state index contributed by atoms with van der Waals surface area (Å²) in [6, 6.07) is 0. The van der Waals surface area contributed by atoms with Gasteiger partial charge in [-0.05, 0) is 31.6 Å². The van der Waals surface area contributed by atoms with Gasteiger partial charge in [0.05, 0.1) is 11.7 Å². The van der Waals surface area contributed by atoms with Crippen LogP contribution in [0.25, 0.3) is 0 Å². The lowest BCUT2D eigenvalue weighted by atomic mass is 9.65. The molecular formula is C12H20O2. The van der Waals surface area contributed by atoms with Gasteiger partial charge >= 0.3 is 0 Å². The second kappa shape index (κ2) is 3.67. The third kappa shape index (κ3) is 1.41. The van der Waals surface area contributed by atoms with Crippen LogP contribution in [0.15, 0.2) is 12.7 Å². The lowest BCUT2D eigenvalue weighted by molar-refractivity contribution is -0.119. The lowest BCUT2D eigenvalue weighted by Crippen LogP contribution is -2.52. The van der Waals surface area contributed by atoms with Crippen molar-refractivity contribution in [3.05, 3.63) is 12.7 Å². The monoisotopic (exact) mass is 196 g/mol. The van der Waals surface area contributed by atoms with E-state index in [2.05, 4.69) is 6.58 Å². The quantitative estimate of drug-likeness (QED) is 0.676. The van der Waals surface area contributed by atoms with E-state index in [1.165, 1.54) is 12.8 Å². The summed E-state index contributed by atoms with van der Waals surface area (Å²) < 4.78 is 0. The van der Waals surface area contributed by atoms with Crippen LogP contribution in [0.2, 0.25) is 0 Å². The van der Waals surface area contributed by atoms with Crippen LogP contribution in [-0.2, 0) is 0 Å². The van der Waals surface area contributed by atoms with Gasteiger partial charge in [0, 0.05) is 5.92 Å². The summed E-state index contributed by atoms with van der Waals surface area (Å²) in [7, 11) is 0. The average molecular weight is 196 g/mol. The second-order valence-electron chi connectivity index (χ2n) is 4.82. The van der Waals surface area contributed by atoms with Crippen LogP contribution in [0.3, 0.4) is 0 Å². The Morgan fingerprint density at radius 3 is 2.14 bits per heavy atom. The van der Waals surface area contributed by atoms with Gasteiger partial charge in [0.25, 0.3) is 0 Å². The van der Waals surface area contributed by atoms with E-state index in [0.29, 0.717) is 5.92 Å². The van der Waals surface area contributed by atoms with E-state index in [1.807, 2.05) is 0 Å². The SMILES string of the molecule is C=CC(O)(C1CCCC1)C1CCC1O. The van der Waals surface area contributed by atoms with E-state index in [-0.39, 0.29) is 12.0 Å². The molecule has 3 atom stereocenters. The molecule has 80 valence electrons. The zero-order valence-electron chi connectivity index (χ0n) is 8.65. The highest BCUT2D eigenvalue weighted by Gasteiger charge is 2.49. The highest BCUT2D eigenvalue weighted by Crippen LogP contribution is 2.46. The maximum atomic E-state index is 10.5. The minimum atomic E-state index is -0.797. The summed E-state index contributed by atoms with van der Waals surface area (Å²) >= 11 is 0. The highest BCUT2D eigenvalue weighted by molar-refractivity contribution is 5.10. The molecule has 0 saturated heterocycles. The Balaban J connectivity index is 2.11. The van der Waals surface area contributed by atoms with Gasteiger partial charge in [0.2, 0.25) is 0 Å². The molecule has 2 rings (SSSR count). The Morgan fingerprint density at radius 2 is 1.79 bits per heavy atom. The Morgan fingerprint density at radius 1 is 1.14 bits per heavy atom. The first-order valence-electron chi connectivity index (χ1n) is 5.72. The Hall–Kier alpha value is -0.340. The topological polar surface area (TPSA) is 40.5 Å². The molecule has 2 heteroatoms. The average Bonchev–Trinajstić information content (AvgIpc) is 2.68. The van der Waals surface area contributed by atoms with Crippen molar-refractivity contribution in [2.24, 2.45) is 11.8 Å². The van der Waals surface area contributed by atoms with Crippen molar-refractivity contribution in [3.8, 4) is 0 Å². The van der Waals surface area contributed by atoms with Crippen LogP contribution in [0.1, 0.15) is 38.5 Å². The van der Waals surface area contributed by atoms with Crippen molar-refractivity contribution >= 4 is 0 Å². The summed E-state index contributed by atoms with van der Waals surface area (Å²) in [6.45, 7) is 3.75. The molecule has 14 heavy (non-hydrogen) atoms. The van der Waals surface area contributed by atoms with E-state index in [9.17, 15) is 10.2 Å². The summed E-state index contributed by atoms with van der Waals surface area (Å²) in [5, 5.41) is 20.2. The van der Waals surface area contributed by atoms with Gasteiger partial charge in [-0.3, -0.25) is 0 Å². The summed E-state index contributed by atoms with van der Waals surface area (Å²) in [5.74, 6) is 0.378. The van der Waals surface area contributed by atoms with E-state index >= 15 is 0 Å². The van der Waals surface area contributed by atoms with E-state index in [0.717, 1.165) is 25.7 Å². The third-order valence-corrected chi connectivity index (χ3v) is 4.17. The largest absolute Gasteiger partial charge is 0.393 e. The molecule has 2 nitrogen and oxygen atoms in total. The molecular weight excluding hydrogens is 176 g/mol. The van der Waals surface area contributed by atoms with Gasteiger partial charge in [-0.1, -0.05) is 18.9 Å². The van der Waals surface area contributed by atoms with Gasteiger partial charge in [-0.2, -0.15) is 0 Å². The van der Waals surface area contributed by atoms with E-state index in [4.69, 9.17) is 0 Å². The van der Waals surface area contributed by atoms with Crippen molar-refractivity contribution < 1.29 is 10.2 Å². The van der Waals surface area contributed by atoms with Gasteiger partial charge < -0.3 is 10.2 Å². The van der Waals surface area contributed by atoms with E-state index in [1.54, 1.807) is 6.08 Å². The van der Waals surface area contributed by atoms with Crippen molar-refractivity contribution in [1.82, 2.24) is 0 Å². The van der Waals surface area contributed by atoms with Crippen molar-refractivity contribution in [3.63, 3.8) is 0 Å². The molecule has 2 N–H and O–H groups in total. The molecule has 0 radical (unpaired) electrons. The minimum absolute atomic E-state index is 0.0445. The molecule has 0 aromatic rings.